The smallest absolute Gasteiger partial charge is 0.325 e. The first-order chi connectivity index (χ1) is 12.1. The third-order valence-corrected chi connectivity index (χ3v) is 4.62. The standard InChI is InChI=1S/C19H28N2O4/c1-24-17-8-4-3-7-16(17)12-15-6-5-10-21(14-15)11-9-18(22)20-13-19(23)25-2/h3-4,7-8,15H,5-6,9-14H2,1-2H3,(H,20,22). The highest BCUT2D eigenvalue weighted by Crippen LogP contribution is 2.26. The van der Waals surface area contributed by atoms with E-state index in [2.05, 4.69) is 21.0 Å². The number of piperidine rings is 1. The normalized spacial score (nSPS) is 17.8. The Morgan fingerprint density at radius 2 is 2.08 bits per heavy atom. The zero-order valence-corrected chi connectivity index (χ0v) is 15.1. The van der Waals surface area contributed by atoms with E-state index in [4.69, 9.17) is 4.74 Å². The molecule has 1 saturated heterocycles. The topological polar surface area (TPSA) is 67.9 Å². The van der Waals surface area contributed by atoms with Crippen molar-refractivity contribution in [3.05, 3.63) is 29.8 Å². The third-order valence-electron chi connectivity index (χ3n) is 4.62. The summed E-state index contributed by atoms with van der Waals surface area (Å²) in [4.78, 5) is 25.2. The minimum atomic E-state index is -0.428. The second-order valence-corrected chi connectivity index (χ2v) is 6.43. The number of ether oxygens (including phenoxy) is 2. The van der Waals surface area contributed by atoms with Crippen LogP contribution in [0.2, 0.25) is 0 Å². The van der Waals surface area contributed by atoms with E-state index in [9.17, 15) is 9.59 Å². The Kier molecular flexibility index (Phi) is 7.73. The minimum Gasteiger partial charge on any atom is -0.496 e. The molecule has 25 heavy (non-hydrogen) atoms. The number of carbonyl (C=O) groups is 2. The fourth-order valence-corrected chi connectivity index (χ4v) is 3.29. The van der Waals surface area contributed by atoms with Crippen LogP contribution < -0.4 is 10.1 Å². The molecule has 1 N–H and O–H groups in total. The van der Waals surface area contributed by atoms with E-state index < -0.39 is 5.97 Å². The number of amides is 1. The SMILES string of the molecule is COC(=O)CNC(=O)CCN1CCCC(Cc2ccccc2OC)C1. The Morgan fingerprint density at radius 3 is 2.84 bits per heavy atom. The molecule has 6 heteroatoms. The number of methoxy groups -OCH3 is 2. The average molecular weight is 348 g/mol. The second kappa shape index (κ2) is 10.0. The number of para-hydroxylation sites is 1. The summed E-state index contributed by atoms with van der Waals surface area (Å²) in [5, 5.41) is 2.58. The highest BCUT2D eigenvalue weighted by Gasteiger charge is 2.21. The monoisotopic (exact) mass is 348 g/mol. The number of rotatable bonds is 8. The molecule has 6 nitrogen and oxygen atoms in total. The molecule has 0 spiro atoms. The number of likely N-dealkylation sites (tertiary alicyclic amines) is 1. The molecule has 1 aromatic rings. The van der Waals surface area contributed by atoms with Crippen molar-refractivity contribution < 1.29 is 19.1 Å². The van der Waals surface area contributed by atoms with Gasteiger partial charge in [-0.2, -0.15) is 0 Å². The van der Waals surface area contributed by atoms with Crippen molar-refractivity contribution in [3.63, 3.8) is 0 Å². The number of benzene rings is 1. The van der Waals surface area contributed by atoms with E-state index in [-0.39, 0.29) is 12.5 Å². The van der Waals surface area contributed by atoms with E-state index in [0.717, 1.165) is 38.2 Å². The summed E-state index contributed by atoms with van der Waals surface area (Å²) in [6.45, 7) is 2.66. The van der Waals surface area contributed by atoms with Crippen molar-refractivity contribution >= 4 is 11.9 Å². The summed E-state index contributed by atoms with van der Waals surface area (Å²) in [6.07, 6.45) is 3.74. The molecule has 0 radical (unpaired) electrons. The van der Waals surface area contributed by atoms with Crippen LogP contribution in [0.4, 0.5) is 0 Å². The molecule has 1 aromatic carbocycles. The lowest BCUT2D eigenvalue weighted by Gasteiger charge is -2.32. The van der Waals surface area contributed by atoms with Crippen LogP contribution in [0.25, 0.3) is 0 Å². The third kappa shape index (κ3) is 6.38. The van der Waals surface area contributed by atoms with Crippen molar-refractivity contribution in [2.45, 2.75) is 25.7 Å². The maximum absolute atomic E-state index is 11.8. The van der Waals surface area contributed by atoms with Crippen LogP contribution in [0.15, 0.2) is 24.3 Å². The van der Waals surface area contributed by atoms with Gasteiger partial charge in [0, 0.05) is 19.5 Å². The first kappa shape index (κ1) is 19.2. The van der Waals surface area contributed by atoms with Crippen LogP contribution in [0.5, 0.6) is 5.75 Å². The van der Waals surface area contributed by atoms with Gasteiger partial charge < -0.3 is 19.7 Å². The Morgan fingerprint density at radius 1 is 1.28 bits per heavy atom. The molecule has 0 bridgehead atoms. The highest BCUT2D eigenvalue weighted by atomic mass is 16.5. The zero-order chi connectivity index (χ0) is 18.1. The molecule has 138 valence electrons. The highest BCUT2D eigenvalue weighted by molar-refractivity contribution is 5.81. The molecule has 1 fully saturated rings. The molecule has 2 rings (SSSR count). The Balaban J connectivity index is 1.77. The molecule has 1 atom stereocenters. The van der Waals surface area contributed by atoms with Gasteiger partial charge >= 0.3 is 5.97 Å². The van der Waals surface area contributed by atoms with Crippen molar-refractivity contribution in [2.24, 2.45) is 5.92 Å². The van der Waals surface area contributed by atoms with Crippen LogP contribution >= 0.6 is 0 Å². The molecular formula is C19H28N2O4. The van der Waals surface area contributed by atoms with E-state index in [1.807, 2.05) is 18.2 Å². The van der Waals surface area contributed by atoms with Crippen molar-refractivity contribution in [2.75, 3.05) is 40.4 Å². The number of nitrogens with one attached hydrogen (secondary N) is 1. The molecule has 1 unspecified atom stereocenters. The van der Waals surface area contributed by atoms with Crippen molar-refractivity contribution in [1.82, 2.24) is 10.2 Å². The average Bonchev–Trinajstić information content (AvgIpc) is 2.65. The van der Waals surface area contributed by atoms with E-state index in [1.165, 1.54) is 19.1 Å². The number of carbonyl (C=O) groups excluding carboxylic acids is 2. The number of hydrogen-bond donors (Lipinski definition) is 1. The van der Waals surface area contributed by atoms with E-state index in [1.54, 1.807) is 7.11 Å². The van der Waals surface area contributed by atoms with Crippen LogP contribution in [0.1, 0.15) is 24.8 Å². The lowest BCUT2D eigenvalue weighted by molar-refractivity contribution is -0.141. The lowest BCUT2D eigenvalue weighted by Crippen LogP contribution is -2.39. The van der Waals surface area contributed by atoms with Gasteiger partial charge in [0.25, 0.3) is 0 Å². The first-order valence-corrected chi connectivity index (χ1v) is 8.80. The fraction of sp³-hybridized carbons (Fsp3) is 0.579. The van der Waals surface area contributed by atoms with Crippen LogP contribution in [0, 0.1) is 5.92 Å². The van der Waals surface area contributed by atoms with Gasteiger partial charge in [-0.3, -0.25) is 9.59 Å². The molecular weight excluding hydrogens is 320 g/mol. The first-order valence-electron chi connectivity index (χ1n) is 8.80. The second-order valence-electron chi connectivity index (χ2n) is 6.43. The lowest BCUT2D eigenvalue weighted by atomic mass is 9.91. The van der Waals surface area contributed by atoms with E-state index >= 15 is 0 Å². The summed E-state index contributed by atoms with van der Waals surface area (Å²) >= 11 is 0. The predicted molar refractivity (Wildman–Crippen MR) is 95.5 cm³/mol. The molecule has 0 aromatic heterocycles. The largest absolute Gasteiger partial charge is 0.496 e. The summed E-state index contributed by atoms with van der Waals surface area (Å²) in [7, 11) is 3.02. The van der Waals surface area contributed by atoms with Crippen LogP contribution in [-0.4, -0.2) is 57.2 Å². The molecule has 1 amide bonds. The fourth-order valence-electron chi connectivity index (χ4n) is 3.29. The number of esters is 1. The molecule has 1 aliphatic rings. The van der Waals surface area contributed by atoms with Gasteiger partial charge in [0.2, 0.25) is 5.91 Å². The Labute approximate surface area is 149 Å². The summed E-state index contributed by atoms with van der Waals surface area (Å²) in [5.41, 5.74) is 1.24. The van der Waals surface area contributed by atoms with Gasteiger partial charge in [0.15, 0.2) is 0 Å². The molecule has 0 aliphatic carbocycles. The Hall–Kier alpha value is -2.08. The predicted octanol–water partition coefficient (Wildman–Crippen LogP) is 1.63. The Bertz CT molecular complexity index is 576. The van der Waals surface area contributed by atoms with Gasteiger partial charge in [-0.25, -0.2) is 0 Å². The van der Waals surface area contributed by atoms with Gasteiger partial charge in [-0.05, 0) is 43.4 Å². The van der Waals surface area contributed by atoms with Gasteiger partial charge in [0.1, 0.15) is 12.3 Å². The minimum absolute atomic E-state index is 0.0637. The van der Waals surface area contributed by atoms with Crippen molar-refractivity contribution in [3.8, 4) is 5.75 Å². The van der Waals surface area contributed by atoms with Gasteiger partial charge in [-0.15, -0.1) is 0 Å². The summed E-state index contributed by atoms with van der Waals surface area (Å²) in [5.74, 6) is 0.977. The maximum atomic E-state index is 11.8. The summed E-state index contributed by atoms with van der Waals surface area (Å²) in [6, 6.07) is 8.16. The van der Waals surface area contributed by atoms with Crippen LogP contribution in [0.3, 0.4) is 0 Å². The quantitative estimate of drug-likeness (QED) is 0.723. The van der Waals surface area contributed by atoms with Gasteiger partial charge in [0.05, 0.1) is 14.2 Å². The van der Waals surface area contributed by atoms with Gasteiger partial charge in [-0.1, -0.05) is 18.2 Å². The number of hydrogen-bond acceptors (Lipinski definition) is 5. The molecule has 1 heterocycles. The van der Waals surface area contributed by atoms with Crippen molar-refractivity contribution in [1.29, 1.82) is 0 Å². The summed E-state index contributed by atoms with van der Waals surface area (Å²) < 4.78 is 9.95. The zero-order valence-electron chi connectivity index (χ0n) is 15.1. The van der Waals surface area contributed by atoms with Crippen LogP contribution in [-0.2, 0) is 20.7 Å². The molecule has 0 saturated carbocycles. The van der Waals surface area contributed by atoms with E-state index in [0.29, 0.717) is 12.3 Å². The maximum Gasteiger partial charge on any atom is 0.325 e. The number of nitrogens with zero attached hydrogens (tertiary/aromatic N) is 1. The molecule has 1 aliphatic heterocycles.